The van der Waals surface area contributed by atoms with Gasteiger partial charge in [0.1, 0.15) is 12.3 Å². The van der Waals surface area contributed by atoms with E-state index >= 15 is 0 Å². The summed E-state index contributed by atoms with van der Waals surface area (Å²) in [7, 11) is -2.32. The van der Waals surface area contributed by atoms with Crippen LogP contribution < -0.4 is 14.4 Å². The lowest BCUT2D eigenvalue weighted by molar-refractivity contribution is -0.120. The Hall–Kier alpha value is -2.25. The number of halogens is 1. The van der Waals surface area contributed by atoms with Gasteiger partial charge in [-0.2, -0.15) is 0 Å². The number of amides is 1. The van der Waals surface area contributed by atoms with Crippen molar-refractivity contribution in [3.8, 4) is 5.75 Å². The Morgan fingerprint density at radius 2 is 1.86 bits per heavy atom. The van der Waals surface area contributed by atoms with Gasteiger partial charge in [0, 0.05) is 5.02 Å². The monoisotopic (exact) mass is 424 g/mol. The van der Waals surface area contributed by atoms with Crippen molar-refractivity contribution in [2.75, 3.05) is 24.2 Å². The molecule has 2 aromatic rings. The van der Waals surface area contributed by atoms with Crippen molar-refractivity contribution in [2.45, 2.75) is 26.8 Å². The molecule has 0 aliphatic rings. The van der Waals surface area contributed by atoms with E-state index in [0.717, 1.165) is 21.7 Å². The summed E-state index contributed by atoms with van der Waals surface area (Å²) in [6.45, 7) is 5.49. The van der Waals surface area contributed by atoms with Crippen LogP contribution in [0.4, 0.5) is 5.69 Å². The second kappa shape index (κ2) is 8.84. The number of hydrogen-bond donors (Lipinski definition) is 1. The van der Waals surface area contributed by atoms with Crippen molar-refractivity contribution in [3.05, 3.63) is 58.1 Å². The third-order valence-corrected chi connectivity index (χ3v) is 5.87. The van der Waals surface area contributed by atoms with Crippen molar-refractivity contribution < 1.29 is 17.9 Å². The summed E-state index contributed by atoms with van der Waals surface area (Å²) in [6.07, 6.45) is 1.04. The van der Waals surface area contributed by atoms with E-state index in [9.17, 15) is 13.2 Å². The molecule has 0 bridgehead atoms. The molecule has 6 nitrogen and oxygen atoms in total. The summed E-state index contributed by atoms with van der Waals surface area (Å²) in [5.74, 6) is -0.122. The summed E-state index contributed by atoms with van der Waals surface area (Å²) in [6, 6.07) is 10.3. The molecule has 0 aliphatic carbocycles. The Kier molecular flexibility index (Phi) is 6.96. The SMILES string of the molecule is COc1ccc(Cl)cc1N(CC(=O)N[C@H](C)c1ccc(C)c(C)c1)S(C)(=O)=O. The first-order valence-corrected chi connectivity index (χ1v) is 10.9. The number of carbonyl (C=O) groups is 1. The number of aryl methyl sites for hydroxylation is 2. The number of nitrogens with one attached hydrogen (secondary N) is 1. The van der Waals surface area contributed by atoms with Gasteiger partial charge in [0.15, 0.2) is 0 Å². The zero-order chi connectivity index (χ0) is 21.1. The number of nitrogens with zero attached hydrogens (tertiary/aromatic N) is 1. The molecule has 0 saturated heterocycles. The molecular formula is C20H25ClN2O4S. The van der Waals surface area contributed by atoms with Crippen molar-refractivity contribution in [1.82, 2.24) is 5.32 Å². The maximum absolute atomic E-state index is 12.6. The van der Waals surface area contributed by atoms with Gasteiger partial charge in [-0.1, -0.05) is 29.8 Å². The van der Waals surface area contributed by atoms with Gasteiger partial charge in [-0.25, -0.2) is 8.42 Å². The lowest BCUT2D eigenvalue weighted by atomic mass is 10.0. The molecule has 8 heteroatoms. The van der Waals surface area contributed by atoms with Gasteiger partial charge in [0.05, 0.1) is 25.1 Å². The van der Waals surface area contributed by atoms with Gasteiger partial charge < -0.3 is 10.1 Å². The summed E-state index contributed by atoms with van der Waals surface area (Å²) in [5, 5.41) is 3.19. The first-order chi connectivity index (χ1) is 13.0. The number of benzene rings is 2. The highest BCUT2D eigenvalue weighted by Gasteiger charge is 2.25. The van der Waals surface area contributed by atoms with Crippen LogP contribution in [0.25, 0.3) is 0 Å². The van der Waals surface area contributed by atoms with Crippen LogP contribution >= 0.6 is 11.6 Å². The van der Waals surface area contributed by atoms with Crippen molar-refractivity contribution >= 4 is 33.2 Å². The summed E-state index contributed by atoms with van der Waals surface area (Å²) in [4.78, 5) is 12.6. The molecule has 2 rings (SSSR count). The Bertz CT molecular complexity index is 976. The Labute approximate surface area is 171 Å². The normalized spacial score (nSPS) is 12.4. The molecule has 0 fully saturated rings. The standard InChI is InChI=1S/C20H25ClN2O4S/c1-13-6-7-16(10-14(13)2)15(3)22-20(24)12-23(28(5,25)26)18-11-17(21)8-9-19(18)27-4/h6-11,15H,12H2,1-5H3,(H,22,24)/t15-/m1/s1. The van der Waals surface area contributed by atoms with E-state index in [1.165, 1.54) is 18.7 Å². The molecule has 0 saturated carbocycles. The van der Waals surface area contributed by atoms with Gasteiger partial charge in [-0.05, 0) is 55.7 Å². The Morgan fingerprint density at radius 3 is 2.43 bits per heavy atom. The number of sulfonamides is 1. The summed E-state index contributed by atoms with van der Waals surface area (Å²) >= 11 is 6.02. The molecule has 0 aliphatic heterocycles. The zero-order valence-corrected chi connectivity index (χ0v) is 18.2. The highest BCUT2D eigenvalue weighted by molar-refractivity contribution is 7.92. The molecule has 2 aromatic carbocycles. The molecule has 0 unspecified atom stereocenters. The first kappa shape index (κ1) is 22.0. The fourth-order valence-corrected chi connectivity index (χ4v) is 3.79. The molecule has 0 radical (unpaired) electrons. The van der Waals surface area contributed by atoms with Gasteiger partial charge in [0.25, 0.3) is 0 Å². The maximum atomic E-state index is 12.6. The number of methoxy groups -OCH3 is 1. The topological polar surface area (TPSA) is 75.7 Å². The van der Waals surface area contributed by atoms with E-state index in [-0.39, 0.29) is 18.3 Å². The first-order valence-electron chi connectivity index (χ1n) is 8.70. The third kappa shape index (κ3) is 5.39. The number of carbonyl (C=O) groups excluding carboxylic acids is 1. The number of hydrogen-bond acceptors (Lipinski definition) is 4. The van der Waals surface area contributed by atoms with Crippen molar-refractivity contribution in [1.29, 1.82) is 0 Å². The van der Waals surface area contributed by atoms with Crippen LogP contribution in [0.3, 0.4) is 0 Å². The molecule has 0 spiro atoms. The quantitative estimate of drug-likeness (QED) is 0.736. The Balaban J connectivity index is 2.25. The fourth-order valence-electron chi connectivity index (χ4n) is 2.77. The fraction of sp³-hybridized carbons (Fsp3) is 0.350. The van der Waals surface area contributed by atoms with E-state index in [4.69, 9.17) is 16.3 Å². The van der Waals surface area contributed by atoms with Crippen LogP contribution in [0.15, 0.2) is 36.4 Å². The minimum atomic E-state index is -3.74. The highest BCUT2D eigenvalue weighted by Crippen LogP contribution is 2.32. The van der Waals surface area contributed by atoms with E-state index in [1.807, 2.05) is 39.0 Å². The predicted octanol–water partition coefficient (Wildman–Crippen LogP) is 3.61. The second-order valence-electron chi connectivity index (χ2n) is 6.72. The summed E-state index contributed by atoms with van der Waals surface area (Å²) in [5.41, 5.74) is 3.45. The maximum Gasteiger partial charge on any atom is 0.241 e. The lowest BCUT2D eigenvalue weighted by Gasteiger charge is -2.25. The lowest BCUT2D eigenvalue weighted by Crippen LogP contribution is -2.41. The van der Waals surface area contributed by atoms with E-state index < -0.39 is 15.9 Å². The van der Waals surface area contributed by atoms with Crippen LogP contribution in [-0.4, -0.2) is 34.2 Å². The molecule has 28 heavy (non-hydrogen) atoms. The average Bonchev–Trinajstić information content (AvgIpc) is 2.61. The molecule has 0 aromatic heterocycles. The molecule has 0 heterocycles. The van der Waals surface area contributed by atoms with Gasteiger partial charge in [-0.15, -0.1) is 0 Å². The predicted molar refractivity (Wildman–Crippen MR) is 113 cm³/mol. The number of anilines is 1. The van der Waals surface area contributed by atoms with Crippen LogP contribution in [0.5, 0.6) is 5.75 Å². The number of ether oxygens (including phenoxy) is 1. The average molecular weight is 425 g/mol. The van der Waals surface area contributed by atoms with Crippen LogP contribution in [-0.2, 0) is 14.8 Å². The number of rotatable bonds is 7. The molecule has 1 N–H and O–H groups in total. The third-order valence-electron chi connectivity index (χ3n) is 4.51. The van der Waals surface area contributed by atoms with Crippen LogP contribution in [0, 0.1) is 13.8 Å². The van der Waals surface area contributed by atoms with Gasteiger partial charge >= 0.3 is 0 Å². The van der Waals surface area contributed by atoms with Crippen LogP contribution in [0.2, 0.25) is 5.02 Å². The van der Waals surface area contributed by atoms with Crippen molar-refractivity contribution in [2.24, 2.45) is 0 Å². The van der Waals surface area contributed by atoms with E-state index in [1.54, 1.807) is 12.1 Å². The molecular weight excluding hydrogens is 400 g/mol. The van der Waals surface area contributed by atoms with Crippen molar-refractivity contribution in [3.63, 3.8) is 0 Å². The van der Waals surface area contributed by atoms with Gasteiger partial charge in [0.2, 0.25) is 15.9 Å². The van der Waals surface area contributed by atoms with Gasteiger partial charge in [-0.3, -0.25) is 9.10 Å². The second-order valence-corrected chi connectivity index (χ2v) is 9.06. The van der Waals surface area contributed by atoms with E-state index in [2.05, 4.69) is 5.32 Å². The smallest absolute Gasteiger partial charge is 0.241 e. The molecule has 1 amide bonds. The molecule has 1 atom stereocenters. The van der Waals surface area contributed by atoms with E-state index in [0.29, 0.717) is 10.8 Å². The minimum Gasteiger partial charge on any atom is -0.495 e. The summed E-state index contributed by atoms with van der Waals surface area (Å²) < 4.78 is 30.9. The highest BCUT2D eigenvalue weighted by atomic mass is 35.5. The minimum absolute atomic E-state index is 0.214. The van der Waals surface area contributed by atoms with Crippen LogP contribution in [0.1, 0.15) is 29.7 Å². The zero-order valence-electron chi connectivity index (χ0n) is 16.6. The molecule has 152 valence electrons. The Morgan fingerprint density at radius 1 is 1.18 bits per heavy atom. The largest absolute Gasteiger partial charge is 0.495 e.